The van der Waals surface area contributed by atoms with Gasteiger partial charge in [0.25, 0.3) is 0 Å². The van der Waals surface area contributed by atoms with Crippen LogP contribution in [0.5, 0.6) is 11.5 Å². The summed E-state index contributed by atoms with van der Waals surface area (Å²) < 4.78 is 44.7. The Hall–Kier alpha value is -4.05. The zero-order chi connectivity index (χ0) is 26.9. The number of nitrogens with one attached hydrogen (secondary N) is 2. The van der Waals surface area contributed by atoms with Gasteiger partial charge in [-0.15, -0.1) is 0 Å². The molecule has 2 N–H and O–H groups in total. The number of likely N-dealkylation sites (tertiary alicyclic amines) is 1. The third kappa shape index (κ3) is 5.31. The molecule has 196 valence electrons. The summed E-state index contributed by atoms with van der Waals surface area (Å²) in [6.07, 6.45) is 1.84. The number of piperidine rings is 1. The number of amides is 1. The number of benzene rings is 2. The molecule has 7 nitrogen and oxygen atoms in total. The zero-order valence-corrected chi connectivity index (χ0v) is 20.8. The Kier molecular flexibility index (Phi) is 6.98. The lowest BCUT2D eigenvalue weighted by atomic mass is 9.89. The van der Waals surface area contributed by atoms with Gasteiger partial charge in [0.15, 0.2) is 0 Å². The lowest BCUT2D eigenvalue weighted by Crippen LogP contribution is -2.36. The molecule has 4 aromatic rings. The van der Waals surface area contributed by atoms with Crippen LogP contribution in [0.1, 0.15) is 29.9 Å². The fraction of sp³-hybridized carbons (Fsp3) is 0.222. The number of carbonyl (C=O) groups is 1. The average molecular weight is 542 g/mol. The second-order valence-electron chi connectivity index (χ2n) is 8.89. The van der Waals surface area contributed by atoms with E-state index in [-0.39, 0.29) is 28.3 Å². The van der Waals surface area contributed by atoms with Crippen molar-refractivity contribution in [3.63, 3.8) is 0 Å². The molecule has 2 aromatic heterocycles. The number of alkyl halides is 3. The molecule has 1 amide bonds. The summed E-state index contributed by atoms with van der Waals surface area (Å²) >= 11 is 6.41. The molecule has 2 aromatic carbocycles. The van der Waals surface area contributed by atoms with E-state index < -0.39 is 11.7 Å². The van der Waals surface area contributed by atoms with Gasteiger partial charge in [0.05, 0.1) is 16.0 Å². The standard InChI is InChI=1S/C27H23ClF3N5O2/c1-2-23(37)36-10-8-16(9-11-36)20-14-32-25-24(20)26(34-15-33-25)35-18-6-7-22(21(28)13-18)38-19-5-3-4-17(12-19)27(29,30)31/h2-7,12-16H,1,8-11H2,(H2,32,33,34,35). The largest absolute Gasteiger partial charge is 0.456 e. The highest BCUT2D eigenvalue weighted by atomic mass is 35.5. The summed E-state index contributed by atoms with van der Waals surface area (Å²) in [5.74, 6) is 0.977. The SMILES string of the molecule is C=CC(=O)N1CCC(c2c[nH]c3ncnc(Nc4ccc(Oc5cccc(C(F)(F)F)c5)c(Cl)c4)c23)CC1. The molecule has 1 saturated heterocycles. The van der Waals surface area contributed by atoms with Crippen molar-refractivity contribution in [1.29, 1.82) is 0 Å². The van der Waals surface area contributed by atoms with E-state index in [9.17, 15) is 18.0 Å². The van der Waals surface area contributed by atoms with Gasteiger partial charge in [-0.25, -0.2) is 9.97 Å². The fourth-order valence-corrected chi connectivity index (χ4v) is 4.82. The van der Waals surface area contributed by atoms with Crippen LogP contribution in [0.4, 0.5) is 24.7 Å². The monoisotopic (exact) mass is 541 g/mol. The van der Waals surface area contributed by atoms with E-state index in [0.717, 1.165) is 35.9 Å². The molecule has 0 aliphatic carbocycles. The van der Waals surface area contributed by atoms with Crippen molar-refractivity contribution in [1.82, 2.24) is 19.9 Å². The molecule has 11 heteroatoms. The summed E-state index contributed by atoms with van der Waals surface area (Å²) in [7, 11) is 0. The summed E-state index contributed by atoms with van der Waals surface area (Å²) in [5.41, 5.74) is 1.55. The highest BCUT2D eigenvalue weighted by Crippen LogP contribution is 2.38. The van der Waals surface area contributed by atoms with Gasteiger partial charge in [-0.2, -0.15) is 13.2 Å². The number of anilines is 2. The number of fused-ring (bicyclic) bond motifs is 1. The van der Waals surface area contributed by atoms with Gasteiger partial charge in [-0.05, 0) is 66.8 Å². The first kappa shape index (κ1) is 25.6. The zero-order valence-electron chi connectivity index (χ0n) is 20.1. The van der Waals surface area contributed by atoms with Gasteiger partial charge < -0.3 is 19.9 Å². The minimum absolute atomic E-state index is 0.0257. The summed E-state index contributed by atoms with van der Waals surface area (Å²) in [6.45, 7) is 4.84. The average Bonchev–Trinajstić information content (AvgIpc) is 3.35. The second-order valence-corrected chi connectivity index (χ2v) is 9.30. The Morgan fingerprint density at radius 1 is 1.18 bits per heavy atom. The van der Waals surface area contributed by atoms with Gasteiger partial charge in [0.1, 0.15) is 29.3 Å². The Labute approximate surface area is 221 Å². The molecule has 0 unspecified atom stereocenters. The Bertz CT molecular complexity index is 1500. The van der Waals surface area contributed by atoms with Crippen LogP contribution >= 0.6 is 11.6 Å². The molecular formula is C27H23ClF3N5O2. The van der Waals surface area contributed by atoms with Crippen LogP contribution in [0.2, 0.25) is 5.02 Å². The molecule has 3 heterocycles. The molecular weight excluding hydrogens is 519 g/mol. The quantitative estimate of drug-likeness (QED) is 0.255. The van der Waals surface area contributed by atoms with E-state index in [4.69, 9.17) is 16.3 Å². The van der Waals surface area contributed by atoms with Crippen LogP contribution in [-0.2, 0) is 11.0 Å². The van der Waals surface area contributed by atoms with Gasteiger partial charge in [-0.3, -0.25) is 4.79 Å². The van der Waals surface area contributed by atoms with Crippen LogP contribution < -0.4 is 10.1 Å². The van der Waals surface area contributed by atoms with E-state index >= 15 is 0 Å². The molecule has 1 fully saturated rings. The summed E-state index contributed by atoms with van der Waals surface area (Å²) in [6, 6.07) is 9.50. The third-order valence-electron chi connectivity index (χ3n) is 6.51. The van der Waals surface area contributed by atoms with Crippen LogP contribution in [0.3, 0.4) is 0 Å². The van der Waals surface area contributed by atoms with E-state index in [1.807, 2.05) is 6.20 Å². The number of ether oxygens (including phenoxy) is 1. The number of rotatable bonds is 6. The first-order valence-corrected chi connectivity index (χ1v) is 12.3. The highest BCUT2D eigenvalue weighted by molar-refractivity contribution is 6.32. The Balaban J connectivity index is 1.35. The molecule has 0 atom stereocenters. The number of nitrogens with zero attached hydrogens (tertiary/aromatic N) is 3. The maximum Gasteiger partial charge on any atom is 0.416 e. The molecule has 38 heavy (non-hydrogen) atoms. The van der Waals surface area contributed by atoms with Crippen LogP contribution in [0.25, 0.3) is 11.0 Å². The first-order valence-electron chi connectivity index (χ1n) is 11.9. The van der Waals surface area contributed by atoms with Crippen molar-refractivity contribution < 1.29 is 22.7 Å². The third-order valence-corrected chi connectivity index (χ3v) is 6.80. The van der Waals surface area contributed by atoms with Gasteiger partial charge in [-0.1, -0.05) is 24.2 Å². The second kappa shape index (κ2) is 10.4. The van der Waals surface area contributed by atoms with Crippen LogP contribution in [0.15, 0.2) is 67.6 Å². The van der Waals surface area contributed by atoms with E-state index in [0.29, 0.717) is 30.2 Å². The normalized spacial score (nSPS) is 14.5. The Morgan fingerprint density at radius 3 is 2.68 bits per heavy atom. The van der Waals surface area contributed by atoms with Crippen LogP contribution in [0, 0.1) is 0 Å². The van der Waals surface area contributed by atoms with E-state index in [1.165, 1.54) is 24.5 Å². The van der Waals surface area contributed by atoms with E-state index in [2.05, 4.69) is 26.8 Å². The van der Waals surface area contributed by atoms with E-state index in [1.54, 1.807) is 23.1 Å². The minimum atomic E-state index is -4.48. The van der Waals surface area contributed by atoms with Gasteiger partial charge in [0, 0.05) is 25.0 Å². The highest BCUT2D eigenvalue weighted by Gasteiger charge is 2.31. The van der Waals surface area contributed by atoms with Crippen molar-refractivity contribution in [2.24, 2.45) is 0 Å². The lowest BCUT2D eigenvalue weighted by Gasteiger charge is -2.31. The van der Waals surface area contributed by atoms with Crippen molar-refractivity contribution in [3.05, 3.63) is 83.8 Å². The lowest BCUT2D eigenvalue weighted by molar-refractivity contribution is -0.137. The number of hydrogen-bond acceptors (Lipinski definition) is 5. The number of halogens is 4. The van der Waals surface area contributed by atoms with Gasteiger partial charge in [0.2, 0.25) is 5.91 Å². The van der Waals surface area contributed by atoms with Crippen LogP contribution in [-0.4, -0.2) is 38.8 Å². The number of aromatic nitrogens is 3. The number of aromatic amines is 1. The van der Waals surface area contributed by atoms with Crippen molar-refractivity contribution >= 4 is 40.0 Å². The summed E-state index contributed by atoms with van der Waals surface area (Å²) in [4.78, 5) is 25.7. The number of carbonyl (C=O) groups excluding carboxylic acids is 1. The minimum Gasteiger partial charge on any atom is -0.456 e. The van der Waals surface area contributed by atoms with Crippen molar-refractivity contribution in [2.45, 2.75) is 24.9 Å². The fourth-order valence-electron chi connectivity index (χ4n) is 4.60. The summed E-state index contributed by atoms with van der Waals surface area (Å²) in [5, 5.41) is 4.33. The molecule has 0 bridgehead atoms. The first-order chi connectivity index (χ1) is 18.2. The maximum atomic E-state index is 13.0. The number of H-pyrrole nitrogens is 1. The molecule has 1 aliphatic rings. The predicted molar refractivity (Wildman–Crippen MR) is 139 cm³/mol. The number of hydrogen-bond donors (Lipinski definition) is 2. The topological polar surface area (TPSA) is 83.1 Å². The van der Waals surface area contributed by atoms with Crippen molar-refractivity contribution in [2.75, 3.05) is 18.4 Å². The predicted octanol–water partition coefficient (Wildman–Crippen LogP) is 7.06. The maximum absolute atomic E-state index is 13.0. The van der Waals surface area contributed by atoms with Gasteiger partial charge >= 0.3 is 6.18 Å². The molecule has 0 spiro atoms. The molecule has 1 aliphatic heterocycles. The molecule has 0 saturated carbocycles. The Morgan fingerprint density at radius 2 is 1.97 bits per heavy atom. The molecule has 0 radical (unpaired) electrons. The molecule has 5 rings (SSSR count). The smallest absolute Gasteiger partial charge is 0.416 e. The van der Waals surface area contributed by atoms with Crippen molar-refractivity contribution in [3.8, 4) is 11.5 Å².